The van der Waals surface area contributed by atoms with Gasteiger partial charge in [0.2, 0.25) is 0 Å². The van der Waals surface area contributed by atoms with Crippen LogP contribution in [0.25, 0.3) is 0 Å². The molecule has 98 valence electrons. The highest BCUT2D eigenvalue weighted by molar-refractivity contribution is 4.97. The van der Waals surface area contributed by atoms with Crippen molar-refractivity contribution in [3.63, 3.8) is 0 Å². The summed E-state index contributed by atoms with van der Waals surface area (Å²) < 4.78 is 0. The number of nitrogens with two attached hydrogens (primary N) is 1. The van der Waals surface area contributed by atoms with E-state index in [1.54, 1.807) is 0 Å². The fourth-order valence-corrected chi connectivity index (χ4v) is 2.78. The minimum absolute atomic E-state index is 0.147. The molecule has 0 heterocycles. The Labute approximate surface area is 102 Å². The van der Waals surface area contributed by atoms with E-state index in [1.807, 2.05) is 0 Å². The van der Waals surface area contributed by atoms with Gasteiger partial charge in [0, 0.05) is 11.6 Å². The van der Waals surface area contributed by atoms with Crippen LogP contribution in [0, 0.1) is 5.92 Å². The molecule has 0 spiro atoms. The average Bonchev–Trinajstić information content (AvgIpc) is 2.30. The Balaban J connectivity index is 5.01. The Kier molecular flexibility index (Phi) is 7.20. The van der Waals surface area contributed by atoms with Crippen molar-refractivity contribution in [3.8, 4) is 0 Å². The van der Waals surface area contributed by atoms with Gasteiger partial charge in [-0.05, 0) is 32.4 Å². The topological polar surface area (TPSA) is 41.3 Å². The number of hydrogen-bond donors (Lipinski definition) is 2. The number of rotatable bonds is 8. The summed E-state index contributed by atoms with van der Waals surface area (Å²) in [4.78, 5) is 2.52. The van der Waals surface area contributed by atoms with Crippen LogP contribution in [0.2, 0.25) is 0 Å². The predicted octanol–water partition coefficient (Wildman–Crippen LogP) is 2.37. The lowest BCUT2D eigenvalue weighted by Gasteiger charge is -2.47. The lowest BCUT2D eigenvalue weighted by molar-refractivity contribution is 0.0479. The van der Waals surface area contributed by atoms with Crippen molar-refractivity contribution in [1.82, 2.24) is 10.3 Å². The highest BCUT2D eigenvalue weighted by atomic mass is 15.3. The van der Waals surface area contributed by atoms with Crippen molar-refractivity contribution in [1.29, 1.82) is 0 Å². The van der Waals surface area contributed by atoms with Gasteiger partial charge in [0.15, 0.2) is 0 Å². The van der Waals surface area contributed by atoms with Crippen LogP contribution < -0.4 is 11.3 Å². The molecule has 0 aliphatic heterocycles. The summed E-state index contributed by atoms with van der Waals surface area (Å²) in [6.07, 6.45) is 2.28. The van der Waals surface area contributed by atoms with E-state index in [4.69, 9.17) is 5.84 Å². The molecule has 0 aromatic carbocycles. The monoisotopic (exact) mass is 229 g/mol. The van der Waals surface area contributed by atoms with Gasteiger partial charge in [-0.1, -0.05) is 41.0 Å². The minimum Gasteiger partial charge on any atom is -0.297 e. The van der Waals surface area contributed by atoms with Gasteiger partial charge in [0.05, 0.1) is 0 Å². The lowest BCUT2D eigenvalue weighted by atomic mass is 9.79. The van der Waals surface area contributed by atoms with Crippen LogP contribution in [0.1, 0.15) is 54.4 Å². The number of nitrogens with zero attached hydrogens (tertiary/aromatic N) is 1. The fraction of sp³-hybridized carbons (Fsp3) is 1.00. The molecule has 0 aromatic rings. The molecule has 0 saturated heterocycles. The van der Waals surface area contributed by atoms with Gasteiger partial charge in [-0.3, -0.25) is 16.2 Å². The molecule has 3 unspecified atom stereocenters. The lowest BCUT2D eigenvalue weighted by Crippen LogP contribution is -2.63. The van der Waals surface area contributed by atoms with Crippen molar-refractivity contribution in [2.24, 2.45) is 11.8 Å². The fourth-order valence-electron chi connectivity index (χ4n) is 2.78. The molecule has 3 atom stereocenters. The molecule has 0 saturated carbocycles. The molecule has 0 rings (SSSR count). The maximum Gasteiger partial charge on any atom is 0.0417 e. The first-order valence-corrected chi connectivity index (χ1v) is 6.72. The van der Waals surface area contributed by atoms with Crippen molar-refractivity contribution in [2.45, 2.75) is 66.0 Å². The molecule has 3 N–H and O–H groups in total. The summed E-state index contributed by atoms with van der Waals surface area (Å²) in [6.45, 7) is 15.7. The third-order valence-corrected chi connectivity index (χ3v) is 4.26. The third kappa shape index (κ3) is 3.19. The summed E-state index contributed by atoms with van der Waals surface area (Å²) in [5.41, 5.74) is 3.20. The van der Waals surface area contributed by atoms with Gasteiger partial charge in [0.1, 0.15) is 0 Å². The maximum atomic E-state index is 5.78. The molecule has 0 aliphatic rings. The summed E-state index contributed by atoms with van der Waals surface area (Å²) in [5, 5.41) is 0. The van der Waals surface area contributed by atoms with Crippen LogP contribution >= 0.6 is 0 Å². The number of hydrazine groups is 1. The summed E-state index contributed by atoms with van der Waals surface area (Å²) in [7, 11) is 0. The van der Waals surface area contributed by atoms with Gasteiger partial charge in [-0.25, -0.2) is 0 Å². The Hall–Kier alpha value is -0.120. The van der Waals surface area contributed by atoms with Gasteiger partial charge >= 0.3 is 0 Å². The van der Waals surface area contributed by atoms with E-state index in [1.165, 1.54) is 0 Å². The summed E-state index contributed by atoms with van der Waals surface area (Å²) >= 11 is 0. The molecule has 0 aromatic heterocycles. The van der Waals surface area contributed by atoms with Crippen LogP contribution in [0.3, 0.4) is 0 Å². The third-order valence-electron chi connectivity index (χ3n) is 4.26. The molecular weight excluding hydrogens is 198 g/mol. The second-order valence-electron chi connectivity index (χ2n) is 4.91. The Morgan fingerprint density at radius 2 is 1.69 bits per heavy atom. The zero-order valence-electron chi connectivity index (χ0n) is 12.0. The van der Waals surface area contributed by atoms with E-state index in [0.29, 0.717) is 12.0 Å². The second kappa shape index (κ2) is 7.25. The average molecular weight is 229 g/mol. The van der Waals surface area contributed by atoms with Crippen molar-refractivity contribution < 1.29 is 0 Å². The van der Waals surface area contributed by atoms with E-state index >= 15 is 0 Å². The largest absolute Gasteiger partial charge is 0.297 e. The molecule has 0 aliphatic carbocycles. The quantitative estimate of drug-likeness (QED) is 0.496. The van der Waals surface area contributed by atoms with E-state index in [2.05, 4.69) is 51.9 Å². The van der Waals surface area contributed by atoms with E-state index in [9.17, 15) is 0 Å². The van der Waals surface area contributed by atoms with Gasteiger partial charge < -0.3 is 0 Å². The Morgan fingerprint density at radius 1 is 1.19 bits per heavy atom. The van der Waals surface area contributed by atoms with Gasteiger partial charge in [-0.15, -0.1) is 0 Å². The molecule has 0 fully saturated rings. The van der Waals surface area contributed by atoms with E-state index < -0.39 is 0 Å². The standard InChI is InChI=1S/C13H31N3/c1-7-11(5)12(15-14)13(6,8-2)16(9-3)10-4/h11-12,15H,7-10,14H2,1-6H3. The second-order valence-corrected chi connectivity index (χ2v) is 4.91. The van der Waals surface area contributed by atoms with Crippen molar-refractivity contribution >= 4 is 0 Å². The van der Waals surface area contributed by atoms with Crippen LogP contribution in [-0.2, 0) is 0 Å². The number of likely N-dealkylation sites (N-methyl/N-ethyl adjacent to an activating group) is 1. The number of hydrogen-bond acceptors (Lipinski definition) is 3. The summed E-state index contributed by atoms with van der Waals surface area (Å²) in [5.74, 6) is 6.37. The molecule has 0 amide bonds. The molecule has 3 heteroatoms. The van der Waals surface area contributed by atoms with Gasteiger partial charge in [-0.2, -0.15) is 0 Å². The zero-order chi connectivity index (χ0) is 12.8. The van der Waals surface area contributed by atoms with Crippen LogP contribution in [0.15, 0.2) is 0 Å². The maximum absolute atomic E-state index is 5.78. The highest BCUT2D eigenvalue weighted by Gasteiger charge is 2.38. The Morgan fingerprint density at radius 3 is 1.94 bits per heavy atom. The first-order chi connectivity index (χ1) is 7.51. The normalized spacial score (nSPS) is 19.5. The van der Waals surface area contributed by atoms with Crippen LogP contribution in [0.5, 0.6) is 0 Å². The smallest absolute Gasteiger partial charge is 0.0417 e. The zero-order valence-corrected chi connectivity index (χ0v) is 12.0. The van der Waals surface area contributed by atoms with Crippen LogP contribution in [-0.4, -0.2) is 29.6 Å². The number of nitrogens with one attached hydrogen (secondary N) is 1. The van der Waals surface area contributed by atoms with Crippen molar-refractivity contribution in [3.05, 3.63) is 0 Å². The molecule has 3 nitrogen and oxygen atoms in total. The van der Waals surface area contributed by atoms with Crippen molar-refractivity contribution in [2.75, 3.05) is 13.1 Å². The van der Waals surface area contributed by atoms with Crippen LogP contribution in [0.4, 0.5) is 0 Å². The summed E-state index contributed by atoms with van der Waals surface area (Å²) in [6, 6.07) is 0.349. The Bertz CT molecular complexity index is 180. The van der Waals surface area contributed by atoms with E-state index in [-0.39, 0.29) is 5.54 Å². The highest BCUT2D eigenvalue weighted by Crippen LogP contribution is 2.28. The predicted molar refractivity (Wildman–Crippen MR) is 72.2 cm³/mol. The van der Waals surface area contributed by atoms with E-state index in [0.717, 1.165) is 25.9 Å². The first-order valence-electron chi connectivity index (χ1n) is 6.72. The molecule has 0 bridgehead atoms. The molecule has 0 radical (unpaired) electrons. The first kappa shape index (κ1) is 15.9. The minimum atomic E-state index is 0.147. The molecular formula is C13H31N3. The molecule has 16 heavy (non-hydrogen) atoms. The SMILES string of the molecule is CCC(C)C(NN)C(C)(CC)N(CC)CC. The van der Waals surface area contributed by atoms with Gasteiger partial charge in [0.25, 0.3) is 0 Å².